The zero-order chi connectivity index (χ0) is 16.4. The van der Waals surface area contributed by atoms with Gasteiger partial charge >= 0.3 is 0 Å². The monoisotopic (exact) mass is 307 g/mol. The van der Waals surface area contributed by atoms with Gasteiger partial charge in [-0.1, -0.05) is 17.9 Å². The van der Waals surface area contributed by atoms with E-state index >= 15 is 0 Å². The Labute approximate surface area is 128 Å². The topological polar surface area (TPSA) is 40.5 Å². The van der Waals surface area contributed by atoms with Gasteiger partial charge in [-0.25, -0.2) is 8.78 Å². The number of aliphatic hydroxyl groups is 1. The van der Waals surface area contributed by atoms with Crippen molar-refractivity contribution >= 4 is 5.91 Å². The molecule has 1 fully saturated rings. The van der Waals surface area contributed by atoms with E-state index in [2.05, 4.69) is 11.8 Å². The van der Waals surface area contributed by atoms with Crippen LogP contribution in [0.5, 0.6) is 0 Å². The predicted octanol–water partition coefficient (Wildman–Crippen LogP) is 2.68. The van der Waals surface area contributed by atoms with Gasteiger partial charge < -0.3 is 10.0 Å². The van der Waals surface area contributed by atoms with Gasteiger partial charge in [0.25, 0.3) is 11.8 Å². The highest BCUT2D eigenvalue weighted by Crippen LogP contribution is 2.28. The highest BCUT2D eigenvalue weighted by atomic mass is 19.3. The van der Waals surface area contributed by atoms with Crippen LogP contribution in [-0.4, -0.2) is 40.5 Å². The minimum Gasteiger partial charge on any atom is -0.378 e. The normalized spacial score (nSPS) is 17.6. The standard InChI is InChI=1S/C17H19F2NO2/c1-16(2,22)7-6-13-4-3-5-14(12-13)15(21)20-10-8-17(18,19)9-11-20/h3-5,12,22H,8-11H2,1-2H3. The molecule has 1 aliphatic heterocycles. The summed E-state index contributed by atoms with van der Waals surface area (Å²) in [6.45, 7) is 3.27. The number of hydrogen-bond donors (Lipinski definition) is 1. The third-order valence-corrected chi connectivity index (χ3v) is 3.40. The van der Waals surface area contributed by atoms with Crippen molar-refractivity contribution in [2.75, 3.05) is 13.1 Å². The molecule has 1 aromatic carbocycles. The van der Waals surface area contributed by atoms with Crippen molar-refractivity contribution in [1.82, 2.24) is 4.90 Å². The van der Waals surface area contributed by atoms with Gasteiger partial charge in [0, 0.05) is 37.1 Å². The maximum atomic E-state index is 13.1. The fourth-order valence-corrected chi connectivity index (χ4v) is 2.17. The average molecular weight is 307 g/mol. The summed E-state index contributed by atoms with van der Waals surface area (Å²) >= 11 is 0. The molecule has 0 spiro atoms. The molecule has 5 heteroatoms. The number of amides is 1. The van der Waals surface area contributed by atoms with Crippen molar-refractivity contribution in [3.8, 4) is 11.8 Å². The Balaban J connectivity index is 2.12. The first-order valence-electron chi connectivity index (χ1n) is 7.19. The van der Waals surface area contributed by atoms with Crippen molar-refractivity contribution in [1.29, 1.82) is 0 Å². The molecule has 0 aliphatic carbocycles. The van der Waals surface area contributed by atoms with Crippen LogP contribution in [0.3, 0.4) is 0 Å². The van der Waals surface area contributed by atoms with Crippen LogP contribution < -0.4 is 0 Å². The maximum Gasteiger partial charge on any atom is 0.253 e. The van der Waals surface area contributed by atoms with Gasteiger partial charge in [-0.2, -0.15) is 0 Å². The average Bonchev–Trinajstić information content (AvgIpc) is 2.44. The van der Waals surface area contributed by atoms with Crippen LogP contribution in [0.25, 0.3) is 0 Å². The zero-order valence-corrected chi connectivity index (χ0v) is 12.7. The molecule has 22 heavy (non-hydrogen) atoms. The summed E-state index contributed by atoms with van der Waals surface area (Å²) in [7, 11) is 0. The van der Waals surface area contributed by atoms with Crippen LogP contribution in [0.4, 0.5) is 8.78 Å². The van der Waals surface area contributed by atoms with Crippen molar-refractivity contribution < 1.29 is 18.7 Å². The molecular weight excluding hydrogens is 288 g/mol. The van der Waals surface area contributed by atoms with Crippen molar-refractivity contribution in [2.24, 2.45) is 0 Å². The molecule has 1 saturated heterocycles. The van der Waals surface area contributed by atoms with Crippen molar-refractivity contribution in [2.45, 2.75) is 38.2 Å². The Kier molecular flexibility index (Phi) is 4.52. The molecule has 1 aliphatic rings. The van der Waals surface area contributed by atoms with Gasteiger partial charge in [-0.05, 0) is 32.0 Å². The molecule has 3 nitrogen and oxygen atoms in total. The SMILES string of the molecule is CC(C)(O)C#Cc1cccc(C(=O)N2CCC(F)(F)CC2)c1. The molecule has 1 aromatic rings. The molecule has 0 unspecified atom stereocenters. The Morgan fingerprint density at radius 2 is 1.95 bits per heavy atom. The van der Waals surface area contributed by atoms with Crippen LogP contribution in [0.2, 0.25) is 0 Å². The lowest BCUT2D eigenvalue weighted by molar-refractivity contribution is -0.0494. The van der Waals surface area contributed by atoms with E-state index in [1.54, 1.807) is 38.1 Å². The molecule has 118 valence electrons. The molecular formula is C17H19F2NO2. The first-order chi connectivity index (χ1) is 10.2. The Hall–Kier alpha value is -1.93. The second kappa shape index (κ2) is 6.05. The number of rotatable bonds is 1. The fraction of sp³-hybridized carbons (Fsp3) is 0.471. The summed E-state index contributed by atoms with van der Waals surface area (Å²) in [4.78, 5) is 13.8. The number of likely N-dealkylation sites (tertiary alicyclic amines) is 1. The van der Waals surface area contributed by atoms with Gasteiger partial charge in [0.1, 0.15) is 5.60 Å². The number of carbonyl (C=O) groups is 1. The van der Waals surface area contributed by atoms with E-state index in [4.69, 9.17) is 0 Å². The van der Waals surface area contributed by atoms with Crippen molar-refractivity contribution in [3.63, 3.8) is 0 Å². The largest absolute Gasteiger partial charge is 0.378 e. The molecule has 0 bridgehead atoms. The van der Waals surface area contributed by atoms with Gasteiger partial charge in [-0.3, -0.25) is 4.79 Å². The molecule has 1 heterocycles. The van der Waals surface area contributed by atoms with Gasteiger partial charge in [0.05, 0.1) is 0 Å². The van der Waals surface area contributed by atoms with Gasteiger partial charge in [0.15, 0.2) is 0 Å². The van der Waals surface area contributed by atoms with E-state index in [-0.39, 0.29) is 31.8 Å². The zero-order valence-electron chi connectivity index (χ0n) is 12.7. The van der Waals surface area contributed by atoms with E-state index < -0.39 is 11.5 Å². The minimum absolute atomic E-state index is 0.0609. The molecule has 0 aromatic heterocycles. The summed E-state index contributed by atoms with van der Waals surface area (Å²) in [6, 6.07) is 6.69. The number of halogens is 2. The smallest absolute Gasteiger partial charge is 0.253 e. The first kappa shape index (κ1) is 16.4. The Bertz CT molecular complexity index is 614. The van der Waals surface area contributed by atoms with E-state index in [1.165, 1.54) is 4.90 Å². The van der Waals surface area contributed by atoms with E-state index in [0.29, 0.717) is 11.1 Å². The number of nitrogens with zero attached hydrogens (tertiary/aromatic N) is 1. The van der Waals surface area contributed by atoms with Crippen LogP contribution >= 0.6 is 0 Å². The number of benzene rings is 1. The second-order valence-corrected chi connectivity index (χ2v) is 6.04. The highest BCUT2D eigenvalue weighted by molar-refractivity contribution is 5.94. The maximum absolute atomic E-state index is 13.1. The van der Waals surface area contributed by atoms with Gasteiger partial charge in [-0.15, -0.1) is 0 Å². The molecule has 2 rings (SSSR count). The van der Waals surface area contributed by atoms with E-state index in [1.807, 2.05) is 0 Å². The summed E-state index contributed by atoms with van der Waals surface area (Å²) in [5.41, 5.74) is -0.0820. The lowest BCUT2D eigenvalue weighted by atomic mass is 10.0. The van der Waals surface area contributed by atoms with E-state index in [0.717, 1.165) is 0 Å². The lowest BCUT2D eigenvalue weighted by Crippen LogP contribution is -2.42. The molecule has 0 saturated carbocycles. The summed E-state index contributed by atoms with van der Waals surface area (Å²) in [5, 5.41) is 9.59. The number of piperidine rings is 1. The van der Waals surface area contributed by atoms with E-state index in [9.17, 15) is 18.7 Å². The predicted molar refractivity (Wildman–Crippen MR) is 79.7 cm³/mol. The Morgan fingerprint density at radius 3 is 2.55 bits per heavy atom. The van der Waals surface area contributed by atoms with Crippen molar-refractivity contribution in [3.05, 3.63) is 35.4 Å². The summed E-state index contributed by atoms with van der Waals surface area (Å²) in [6.07, 6.45) is -0.589. The first-order valence-corrected chi connectivity index (χ1v) is 7.19. The third kappa shape index (κ3) is 4.54. The van der Waals surface area contributed by atoms with Gasteiger partial charge in [0.2, 0.25) is 0 Å². The van der Waals surface area contributed by atoms with Crippen LogP contribution in [-0.2, 0) is 0 Å². The highest BCUT2D eigenvalue weighted by Gasteiger charge is 2.35. The molecule has 0 radical (unpaired) electrons. The second-order valence-electron chi connectivity index (χ2n) is 6.04. The summed E-state index contributed by atoms with van der Waals surface area (Å²) in [5.74, 6) is 2.55. The van der Waals surface area contributed by atoms with Crippen LogP contribution in [0.1, 0.15) is 42.6 Å². The summed E-state index contributed by atoms with van der Waals surface area (Å²) < 4.78 is 26.3. The van der Waals surface area contributed by atoms with Crippen LogP contribution in [0, 0.1) is 11.8 Å². The quantitative estimate of drug-likeness (QED) is 0.810. The fourth-order valence-electron chi connectivity index (χ4n) is 2.17. The minimum atomic E-state index is -2.67. The third-order valence-electron chi connectivity index (χ3n) is 3.40. The number of carbonyl (C=O) groups excluding carboxylic acids is 1. The van der Waals surface area contributed by atoms with Crippen LogP contribution in [0.15, 0.2) is 24.3 Å². The Morgan fingerprint density at radius 1 is 1.32 bits per heavy atom. The molecule has 1 N–H and O–H groups in total. The number of alkyl halides is 2. The number of hydrogen-bond acceptors (Lipinski definition) is 2. The lowest BCUT2D eigenvalue weighted by Gasteiger charge is -2.31. The molecule has 1 amide bonds. The molecule has 0 atom stereocenters.